The van der Waals surface area contributed by atoms with Crippen LogP contribution in [0.3, 0.4) is 0 Å². The fourth-order valence-corrected chi connectivity index (χ4v) is 2.70. The van der Waals surface area contributed by atoms with Crippen LogP contribution in [-0.2, 0) is 11.0 Å². The molecule has 1 saturated carbocycles. The van der Waals surface area contributed by atoms with Gasteiger partial charge in [0.2, 0.25) is 0 Å². The van der Waals surface area contributed by atoms with Crippen LogP contribution >= 0.6 is 9.39 Å². The average Bonchev–Trinajstić information content (AvgIpc) is 2.43. The lowest BCUT2D eigenvalue weighted by Crippen LogP contribution is -2.55. The molecule has 0 spiro atoms. The number of hydrogen-bond acceptors (Lipinski definition) is 5. The molecule has 2 N–H and O–H groups in total. The summed E-state index contributed by atoms with van der Waals surface area (Å²) in [5.74, 6) is -0.119. The standard InChI is InChI=1S/C13H14F3N4OP/c14-13(15,16)9-4-8(6-19-10(9)5-17)18-7-11(21)12(20-22)2-1-3-12/h4,6,18,20H,1-3,7,22H2. The van der Waals surface area contributed by atoms with Crippen molar-refractivity contribution < 1.29 is 18.0 Å². The third-order valence-corrected chi connectivity index (χ3v) is 4.32. The fourth-order valence-electron chi connectivity index (χ4n) is 2.25. The number of ketones is 1. The normalized spacial score (nSPS) is 16.5. The van der Waals surface area contributed by atoms with E-state index in [1.165, 1.54) is 6.07 Å². The van der Waals surface area contributed by atoms with Crippen molar-refractivity contribution in [1.29, 1.82) is 5.26 Å². The van der Waals surface area contributed by atoms with E-state index < -0.39 is 23.0 Å². The van der Waals surface area contributed by atoms with Gasteiger partial charge in [-0.15, -0.1) is 0 Å². The zero-order chi connectivity index (χ0) is 16.4. The predicted octanol–water partition coefficient (Wildman–Crippen LogP) is 2.26. The zero-order valence-corrected chi connectivity index (χ0v) is 12.7. The zero-order valence-electron chi connectivity index (χ0n) is 11.5. The quantitative estimate of drug-likeness (QED) is 0.810. The first-order valence-corrected chi connectivity index (χ1v) is 7.12. The van der Waals surface area contributed by atoms with E-state index in [-0.39, 0.29) is 18.0 Å². The van der Waals surface area contributed by atoms with Crippen LogP contribution in [-0.4, -0.2) is 22.9 Å². The summed E-state index contributed by atoms with van der Waals surface area (Å²) in [6.07, 6.45) is -1.21. The van der Waals surface area contributed by atoms with Crippen LogP contribution < -0.4 is 10.4 Å². The molecule has 22 heavy (non-hydrogen) atoms. The molecule has 1 atom stereocenters. The lowest BCUT2D eigenvalue weighted by molar-refractivity contribution is -0.138. The minimum absolute atomic E-state index is 0.0536. The van der Waals surface area contributed by atoms with Crippen LogP contribution in [0.4, 0.5) is 18.9 Å². The van der Waals surface area contributed by atoms with Gasteiger partial charge in [-0.25, -0.2) is 4.98 Å². The van der Waals surface area contributed by atoms with E-state index in [1.807, 2.05) is 0 Å². The smallest absolute Gasteiger partial charge is 0.377 e. The van der Waals surface area contributed by atoms with Gasteiger partial charge in [-0.05, 0) is 25.3 Å². The maximum absolute atomic E-state index is 12.8. The van der Waals surface area contributed by atoms with E-state index in [1.54, 1.807) is 0 Å². The number of nitrogens with zero attached hydrogens (tertiary/aromatic N) is 2. The largest absolute Gasteiger partial charge is 0.419 e. The summed E-state index contributed by atoms with van der Waals surface area (Å²) in [6, 6.07) is 2.20. The maximum Gasteiger partial charge on any atom is 0.419 e. The van der Waals surface area contributed by atoms with Gasteiger partial charge in [0.05, 0.1) is 29.5 Å². The van der Waals surface area contributed by atoms with E-state index in [4.69, 9.17) is 5.26 Å². The molecule has 2 rings (SSSR count). The third-order valence-electron chi connectivity index (χ3n) is 3.77. The highest BCUT2D eigenvalue weighted by Crippen LogP contribution is 2.34. The monoisotopic (exact) mass is 330 g/mol. The van der Waals surface area contributed by atoms with Crippen molar-refractivity contribution in [3.8, 4) is 6.07 Å². The van der Waals surface area contributed by atoms with Crippen LogP contribution in [0.5, 0.6) is 0 Å². The first-order chi connectivity index (χ1) is 10.3. The van der Waals surface area contributed by atoms with Crippen molar-refractivity contribution in [2.75, 3.05) is 11.9 Å². The molecular weight excluding hydrogens is 316 g/mol. The lowest BCUT2D eigenvalue weighted by atomic mass is 9.74. The molecule has 1 unspecified atom stereocenters. The number of aromatic nitrogens is 1. The van der Waals surface area contributed by atoms with Gasteiger partial charge in [0.1, 0.15) is 6.07 Å². The molecule has 1 fully saturated rings. The molecule has 0 aromatic carbocycles. The van der Waals surface area contributed by atoms with E-state index >= 15 is 0 Å². The SMILES string of the molecule is N#Cc1ncc(NCC(=O)C2(NP)CCC2)cc1C(F)(F)F. The molecule has 1 aromatic rings. The number of rotatable bonds is 5. The summed E-state index contributed by atoms with van der Waals surface area (Å²) in [4.78, 5) is 15.6. The van der Waals surface area contributed by atoms with E-state index in [0.29, 0.717) is 12.8 Å². The average molecular weight is 330 g/mol. The third kappa shape index (κ3) is 3.21. The number of Topliss-reactive ketones (excluding diaryl/α,β-unsaturated/α-hetero) is 1. The minimum Gasteiger partial charge on any atom is -0.377 e. The number of anilines is 1. The van der Waals surface area contributed by atoms with Crippen molar-refractivity contribution in [2.24, 2.45) is 0 Å². The number of pyridine rings is 1. The number of carbonyl (C=O) groups is 1. The Labute approximate surface area is 127 Å². The number of nitriles is 1. The highest BCUT2D eigenvalue weighted by atomic mass is 31.0. The Morgan fingerprint density at radius 1 is 1.50 bits per heavy atom. The maximum atomic E-state index is 12.8. The Hall–Kier alpha value is -1.71. The van der Waals surface area contributed by atoms with Gasteiger partial charge >= 0.3 is 6.18 Å². The van der Waals surface area contributed by atoms with Crippen LogP contribution in [0.15, 0.2) is 12.3 Å². The van der Waals surface area contributed by atoms with E-state index in [2.05, 4.69) is 24.8 Å². The van der Waals surface area contributed by atoms with E-state index in [9.17, 15) is 18.0 Å². The van der Waals surface area contributed by atoms with Gasteiger partial charge in [0, 0.05) is 0 Å². The predicted molar refractivity (Wildman–Crippen MR) is 76.9 cm³/mol. The molecule has 1 heterocycles. The van der Waals surface area contributed by atoms with Crippen LogP contribution in [0.2, 0.25) is 0 Å². The molecule has 1 aromatic heterocycles. The summed E-state index contributed by atoms with van der Waals surface area (Å²) < 4.78 is 38.5. The van der Waals surface area contributed by atoms with Gasteiger partial charge in [-0.1, -0.05) is 9.39 Å². The van der Waals surface area contributed by atoms with Crippen LogP contribution in [0.25, 0.3) is 0 Å². The topological polar surface area (TPSA) is 77.8 Å². The first kappa shape index (κ1) is 16.7. The molecule has 5 nitrogen and oxygen atoms in total. The molecule has 0 aliphatic heterocycles. The number of hydrogen-bond donors (Lipinski definition) is 2. The molecule has 0 radical (unpaired) electrons. The van der Waals surface area contributed by atoms with Crippen molar-refractivity contribution in [1.82, 2.24) is 10.1 Å². The highest BCUT2D eigenvalue weighted by Gasteiger charge is 2.42. The van der Waals surface area contributed by atoms with Gasteiger partial charge in [0.25, 0.3) is 0 Å². The molecule has 9 heteroatoms. The first-order valence-electron chi connectivity index (χ1n) is 6.55. The minimum atomic E-state index is -4.67. The Balaban J connectivity index is 2.11. The summed E-state index contributed by atoms with van der Waals surface area (Å²) in [5, 5.41) is 14.2. The molecule has 1 aliphatic rings. The molecule has 0 saturated heterocycles. The number of alkyl halides is 3. The Morgan fingerprint density at radius 2 is 2.18 bits per heavy atom. The Bertz CT molecular complexity index is 617. The number of halogens is 3. The van der Waals surface area contributed by atoms with E-state index in [0.717, 1.165) is 18.7 Å². The van der Waals surface area contributed by atoms with Crippen LogP contribution in [0.1, 0.15) is 30.5 Å². The van der Waals surface area contributed by atoms with Crippen molar-refractivity contribution in [3.63, 3.8) is 0 Å². The summed E-state index contributed by atoms with van der Waals surface area (Å²) in [6.45, 7) is -0.105. The van der Waals surface area contributed by atoms with Crippen molar-refractivity contribution in [3.05, 3.63) is 23.5 Å². The van der Waals surface area contributed by atoms with Crippen molar-refractivity contribution in [2.45, 2.75) is 31.0 Å². The van der Waals surface area contributed by atoms with Crippen molar-refractivity contribution >= 4 is 20.9 Å². The van der Waals surface area contributed by atoms with Crippen LogP contribution in [0, 0.1) is 11.3 Å². The Kier molecular flexibility index (Phi) is 4.69. The summed E-state index contributed by atoms with van der Waals surface area (Å²) in [5.41, 5.74) is -2.36. The van der Waals surface area contributed by atoms with Gasteiger partial charge in [-0.3, -0.25) is 9.88 Å². The molecule has 0 bridgehead atoms. The second-order valence-electron chi connectivity index (χ2n) is 5.09. The molecule has 1 aliphatic carbocycles. The number of carbonyl (C=O) groups excluding carboxylic acids is 1. The second kappa shape index (κ2) is 6.19. The molecule has 118 valence electrons. The van der Waals surface area contributed by atoms with Gasteiger partial charge in [-0.2, -0.15) is 18.4 Å². The molecule has 0 amide bonds. The number of nitrogens with one attached hydrogen (secondary N) is 2. The second-order valence-corrected chi connectivity index (χ2v) is 5.38. The lowest BCUT2D eigenvalue weighted by Gasteiger charge is -2.40. The molecular formula is C13H14F3N4OP. The fraction of sp³-hybridized carbons (Fsp3) is 0.462. The van der Waals surface area contributed by atoms with Gasteiger partial charge < -0.3 is 5.32 Å². The summed E-state index contributed by atoms with van der Waals surface area (Å²) in [7, 11) is 2.31. The highest BCUT2D eigenvalue weighted by molar-refractivity contribution is 7.13. The summed E-state index contributed by atoms with van der Waals surface area (Å²) >= 11 is 0. The Morgan fingerprint density at radius 3 is 2.64 bits per heavy atom. The van der Waals surface area contributed by atoms with Gasteiger partial charge in [0.15, 0.2) is 11.5 Å².